The second-order valence-electron chi connectivity index (χ2n) is 5.29. The fraction of sp³-hybridized carbons (Fsp3) is 0.562. The Hall–Kier alpha value is -1.39. The van der Waals surface area contributed by atoms with Crippen molar-refractivity contribution in [3.05, 3.63) is 35.4 Å². The summed E-state index contributed by atoms with van der Waals surface area (Å²) in [6.45, 7) is 4.00. The molecule has 0 radical (unpaired) electrons. The van der Waals surface area contributed by atoms with E-state index in [2.05, 4.69) is 24.4 Å². The minimum atomic E-state index is 0.0107. The van der Waals surface area contributed by atoms with E-state index in [9.17, 15) is 4.79 Å². The number of carbonyl (C=O) groups is 1. The van der Waals surface area contributed by atoms with Crippen molar-refractivity contribution >= 4 is 5.91 Å². The lowest BCUT2D eigenvalue weighted by atomic mass is 9.98. The first-order valence-electron chi connectivity index (χ1n) is 7.41. The zero-order valence-corrected chi connectivity index (χ0v) is 12.1. The molecule has 2 atom stereocenters. The molecule has 0 saturated carbocycles. The number of benzene rings is 1. The molecule has 2 unspecified atom stereocenters. The van der Waals surface area contributed by atoms with E-state index in [4.69, 9.17) is 10.5 Å². The van der Waals surface area contributed by atoms with Crippen LogP contribution in [-0.4, -0.2) is 25.2 Å². The van der Waals surface area contributed by atoms with Crippen LogP contribution in [0.15, 0.2) is 24.3 Å². The third-order valence-corrected chi connectivity index (χ3v) is 3.87. The van der Waals surface area contributed by atoms with Crippen LogP contribution in [-0.2, 0) is 22.5 Å². The molecule has 110 valence electrons. The fourth-order valence-electron chi connectivity index (χ4n) is 2.66. The Morgan fingerprint density at radius 1 is 1.35 bits per heavy atom. The molecule has 2 rings (SSSR count). The standard InChI is InChI=1S/C16H24N2O2/c1-2-15-14(8-10-20-15)16(19)18-11-13-5-3-12(4-6-13)7-9-17/h3-6,14-15H,2,7-11,17H2,1H3,(H,18,19). The number of hydrogen-bond acceptors (Lipinski definition) is 3. The van der Waals surface area contributed by atoms with Crippen molar-refractivity contribution in [3.8, 4) is 0 Å². The van der Waals surface area contributed by atoms with Crippen molar-refractivity contribution in [2.45, 2.75) is 38.8 Å². The zero-order chi connectivity index (χ0) is 14.4. The molecule has 1 heterocycles. The quantitative estimate of drug-likeness (QED) is 0.830. The molecule has 1 saturated heterocycles. The van der Waals surface area contributed by atoms with Crippen LogP contribution >= 0.6 is 0 Å². The Morgan fingerprint density at radius 3 is 2.70 bits per heavy atom. The molecule has 0 aromatic heterocycles. The normalized spacial score (nSPS) is 21.9. The van der Waals surface area contributed by atoms with Gasteiger partial charge in [-0.15, -0.1) is 0 Å². The van der Waals surface area contributed by atoms with Crippen LogP contribution in [0.2, 0.25) is 0 Å². The van der Waals surface area contributed by atoms with Crippen LogP contribution in [0.5, 0.6) is 0 Å². The number of carbonyl (C=O) groups excluding carboxylic acids is 1. The molecule has 1 aliphatic heterocycles. The Bertz CT molecular complexity index is 431. The highest BCUT2D eigenvalue weighted by Crippen LogP contribution is 2.23. The van der Waals surface area contributed by atoms with Gasteiger partial charge in [-0.05, 0) is 36.9 Å². The first-order chi connectivity index (χ1) is 9.74. The maximum Gasteiger partial charge on any atom is 0.226 e. The van der Waals surface area contributed by atoms with Gasteiger partial charge in [-0.1, -0.05) is 31.2 Å². The van der Waals surface area contributed by atoms with Gasteiger partial charge in [0.05, 0.1) is 12.0 Å². The average molecular weight is 276 g/mol. The van der Waals surface area contributed by atoms with Gasteiger partial charge in [-0.3, -0.25) is 4.79 Å². The van der Waals surface area contributed by atoms with E-state index in [-0.39, 0.29) is 17.9 Å². The first-order valence-corrected chi connectivity index (χ1v) is 7.41. The van der Waals surface area contributed by atoms with E-state index in [0.29, 0.717) is 19.7 Å². The summed E-state index contributed by atoms with van der Waals surface area (Å²) < 4.78 is 5.56. The Morgan fingerprint density at radius 2 is 2.05 bits per heavy atom. The molecule has 4 nitrogen and oxygen atoms in total. The number of nitrogens with two attached hydrogens (primary N) is 1. The maximum absolute atomic E-state index is 12.1. The second-order valence-corrected chi connectivity index (χ2v) is 5.29. The topological polar surface area (TPSA) is 64.3 Å². The van der Waals surface area contributed by atoms with Crippen LogP contribution < -0.4 is 11.1 Å². The second kappa shape index (κ2) is 7.41. The lowest BCUT2D eigenvalue weighted by Crippen LogP contribution is -2.34. The van der Waals surface area contributed by atoms with Crippen LogP contribution in [0, 0.1) is 5.92 Å². The van der Waals surface area contributed by atoms with E-state index < -0.39 is 0 Å². The molecule has 3 N–H and O–H groups in total. The molecular formula is C16H24N2O2. The van der Waals surface area contributed by atoms with Gasteiger partial charge in [0, 0.05) is 13.2 Å². The molecule has 1 amide bonds. The lowest BCUT2D eigenvalue weighted by Gasteiger charge is -2.16. The Balaban J connectivity index is 1.83. The lowest BCUT2D eigenvalue weighted by molar-refractivity contribution is -0.126. The van der Waals surface area contributed by atoms with Gasteiger partial charge in [-0.25, -0.2) is 0 Å². The molecule has 1 fully saturated rings. The number of ether oxygens (including phenoxy) is 1. The number of amides is 1. The molecule has 0 bridgehead atoms. The summed E-state index contributed by atoms with van der Waals surface area (Å²) in [6.07, 6.45) is 2.71. The Kier molecular flexibility index (Phi) is 5.56. The largest absolute Gasteiger partial charge is 0.377 e. The predicted molar refractivity (Wildman–Crippen MR) is 79.2 cm³/mol. The van der Waals surface area contributed by atoms with E-state index in [1.807, 2.05) is 12.1 Å². The minimum Gasteiger partial charge on any atom is -0.377 e. The monoisotopic (exact) mass is 276 g/mol. The minimum absolute atomic E-state index is 0.0107. The van der Waals surface area contributed by atoms with Gasteiger partial charge in [-0.2, -0.15) is 0 Å². The van der Waals surface area contributed by atoms with Gasteiger partial charge in [0.1, 0.15) is 0 Å². The number of rotatable bonds is 6. The van der Waals surface area contributed by atoms with Crippen LogP contribution in [0.1, 0.15) is 30.9 Å². The van der Waals surface area contributed by atoms with Crippen molar-refractivity contribution in [1.29, 1.82) is 0 Å². The average Bonchev–Trinajstić information content (AvgIpc) is 2.95. The number of hydrogen-bond donors (Lipinski definition) is 2. The Labute approximate surface area is 120 Å². The van der Waals surface area contributed by atoms with Gasteiger partial charge >= 0.3 is 0 Å². The zero-order valence-electron chi connectivity index (χ0n) is 12.1. The molecule has 0 aliphatic carbocycles. The van der Waals surface area contributed by atoms with E-state index in [1.54, 1.807) is 0 Å². The summed E-state index contributed by atoms with van der Waals surface area (Å²) >= 11 is 0. The fourth-order valence-corrected chi connectivity index (χ4v) is 2.66. The SMILES string of the molecule is CCC1OCCC1C(=O)NCc1ccc(CCN)cc1. The molecule has 4 heteroatoms. The summed E-state index contributed by atoms with van der Waals surface area (Å²) in [4.78, 5) is 12.1. The molecule has 1 aromatic rings. The summed E-state index contributed by atoms with van der Waals surface area (Å²) in [5, 5.41) is 3.01. The summed E-state index contributed by atoms with van der Waals surface area (Å²) in [7, 11) is 0. The van der Waals surface area contributed by atoms with Crippen molar-refractivity contribution in [2.75, 3.05) is 13.2 Å². The molecule has 1 aliphatic rings. The van der Waals surface area contributed by atoms with E-state index in [0.717, 1.165) is 24.8 Å². The van der Waals surface area contributed by atoms with Gasteiger partial charge < -0.3 is 15.8 Å². The third-order valence-electron chi connectivity index (χ3n) is 3.87. The predicted octanol–water partition coefficient (Wildman–Crippen LogP) is 1.62. The van der Waals surface area contributed by atoms with Crippen LogP contribution in [0.25, 0.3) is 0 Å². The van der Waals surface area contributed by atoms with Gasteiger partial charge in [0.2, 0.25) is 5.91 Å². The highest BCUT2D eigenvalue weighted by molar-refractivity contribution is 5.79. The van der Waals surface area contributed by atoms with Crippen molar-refractivity contribution < 1.29 is 9.53 Å². The van der Waals surface area contributed by atoms with Crippen LogP contribution in [0.4, 0.5) is 0 Å². The summed E-state index contributed by atoms with van der Waals surface area (Å²) in [6, 6.07) is 8.24. The van der Waals surface area contributed by atoms with Gasteiger partial charge in [0.25, 0.3) is 0 Å². The molecule has 0 spiro atoms. The summed E-state index contributed by atoms with van der Waals surface area (Å²) in [5.74, 6) is 0.122. The third kappa shape index (κ3) is 3.81. The van der Waals surface area contributed by atoms with Gasteiger partial charge in [0.15, 0.2) is 0 Å². The molecular weight excluding hydrogens is 252 g/mol. The van der Waals surface area contributed by atoms with E-state index >= 15 is 0 Å². The summed E-state index contributed by atoms with van der Waals surface area (Å²) in [5.41, 5.74) is 7.87. The first kappa shape index (κ1) is 15.0. The van der Waals surface area contributed by atoms with Crippen molar-refractivity contribution in [3.63, 3.8) is 0 Å². The van der Waals surface area contributed by atoms with Crippen molar-refractivity contribution in [1.82, 2.24) is 5.32 Å². The van der Waals surface area contributed by atoms with E-state index in [1.165, 1.54) is 5.56 Å². The number of nitrogens with one attached hydrogen (secondary N) is 1. The highest BCUT2D eigenvalue weighted by Gasteiger charge is 2.32. The van der Waals surface area contributed by atoms with Crippen molar-refractivity contribution in [2.24, 2.45) is 11.7 Å². The highest BCUT2D eigenvalue weighted by atomic mass is 16.5. The molecule has 20 heavy (non-hydrogen) atoms. The molecule has 1 aromatic carbocycles. The van der Waals surface area contributed by atoms with Crippen LogP contribution in [0.3, 0.4) is 0 Å². The maximum atomic E-state index is 12.1. The smallest absolute Gasteiger partial charge is 0.226 e.